The number of fused-ring (bicyclic) bond motifs is 1. The van der Waals surface area contributed by atoms with Crippen molar-refractivity contribution in [3.63, 3.8) is 0 Å². The van der Waals surface area contributed by atoms with Gasteiger partial charge in [0.15, 0.2) is 0 Å². The summed E-state index contributed by atoms with van der Waals surface area (Å²) < 4.78 is 27.9. The van der Waals surface area contributed by atoms with Gasteiger partial charge in [-0.1, -0.05) is 64.1 Å². The topological polar surface area (TPSA) is 69.7 Å². The van der Waals surface area contributed by atoms with Crippen LogP contribution in [0.15, 0.2) is 42.5 Å². The summed E-state index contributed by atoms with van der Waals surface area (Å²) in [6.07, 6.45) is 2.88. The van der Waals surface area contributed by atoms with E-state index in [2.05, 4.69) is 24.1 Å². The van der Waals surface area contributed by atoms with Gasteiger partial charge < -0.3 is 5.32 Å². The van der Waals surface area contributed by atoms with E-state index >= 15 is 0 Å². The van der Waals surface area contributed by atoms with Crippen LogP contribution in [0.4, 0.5) is 5.69 Å². The molecule has 1 spiro atoms. The molecule has 0 saturated carbocycles. The van der Waals surface area contributed by atoms with Crippen LogP contribution in [0.5, 0.6) is 0 Å². The molecule has 6 nitrogen and oxygen atoms in total. The van der Waals surface area contributed by atoms with Crippen molar-refractivity contribution < 1.29 is 13.2 Å². The predicted octanol–water partition coefficient (Wildman–Crippen LogP) is 4.58. The lowest BCUT2D eigenvalue weighted by Gasteiger charge is -2.52. The van der Waals surface area contributed by atoms with Gasteiger partial charge in [0.2, 0.25) is 15.9 Å². The monoisotopic (exact) mass is 485 g/mol. The minimum absolute atomic E-state index is 0.00239. The van der Waals surface area contributed by atoms with Crippen LogP contribution in [0.3, 0.4) is 0 Å². The number of anilines is 1. The number of carbonyl (C=O) groups excluding carboxylic acids is 1. The number of amides is 1. The van der Waals surface area contributed by atoms with E-state index < -0.39 is 10.0 Å². The van der Waals surface area contributed by atoms with Gasteiger partial charge in [0, 0.05) is 24.2 Å². The highest BCUT2D eigenvalue weighted by atomic mass is 32.2. The predicted molar refractivity (Wildman–Crippen MR) is 139 cm³/mol. The van der Waals surface area contributed by atoms with Gasteiger partial charge >= 0.3 is 0 Å². The van der Waals surface area contributed by atoms with Crippen LogP contribution >= 0.6 is 0 Å². The lowest BCUT2D eigenvalue weighted by Crippen LogP contribution is -2.56. The molecule has 0 unspecified atom stereocenters. The molecule has 0 atom stereocenters. The second kappa shape index (κ2) is 9.59. The maximum atomic E-state index is 13.0. The van der Waals surface area contributed by atoms with Gasteiger partial charge in [0.05, 0.1) is 12.3 Å². The zero-order valence-corrected chi connectivity index (χ0v) is 21.8. The van der Waals surface area contributed by atoms with Gasteiger partial charge in [-0.3, -0.25) is 9.69 Å². The molecule has 0 radical (unpaired) electrons. The van der Waals surface area contributed by atoms with Crippen LogP contribution in [0.2, 0.25) is 0 Å². The van der Waals surface area contributed by atoms with Crippen molar-refractivity contribution in [1.82, 2.24) is 9.21 Å². The molecule has 0 aliphatic carbocycles. The first-order chi connectivity index (χ1) is 16.0. The number of likely N-dealkylation sites (tertiary alicyclic amines) is 1. The van der Waals surface area contributed by atoms with E-state index in [9.17, 15) is 13.2 Å². The second-order valence-electron chi connectivity index (χ2n) is 11.6. The SMILES string of the molecule is CC(C)CS(=O)(=O)N1CC(C)(C)CC2(CCN(CC(=O)Nc3cccc4ccccc34)CC2)C1. The summed E-state index contributed by atoms with van der Waals surface area (Å²) in [5.41, 5.74) is 0.793. The largest absolute Gasteiger partial charge is 0.324 e. The Labute approximate surface area is 204 Å². The summed E-state index contributed by atoms with van der Waals surface area (Å²) in [7, 11) is -3.26. The number of nitrogens with one attached hydrogen (secondary N) is 1. The van der Waals surface area contributed by atoms with Crippen molar-refractivity contribution >= 4 is 32.4 Å². The summed E-state index contributed by atoms with van der Waals surface area (Å²) in [5, 5.41) is 5.25. The van der Waals surface area contributed by atoms with Crippen LogP contribution in [0.1, 0.15) is 47.0 Å². The van der Waals surface area contributed by atoms with Crippen molar-refractivity contribution in [1.29, 1.82) is 0 Å². The highest BCUT2D eigenvalue weighted by Crippen LogP contribution is 2.47. The third-order valence-electron chi connectivity index (χ3n) is 7.25. The molecule has 2 fully saturated rings. The fourth-order valence-corrected chi connectivity index (χ4v) is 8.08. The fourth-order valence-electron chi connectivity index (χ4n) is 6.01. The summed E-state index contributed by atoms with van der Waals surface area (Å²) in [4.78, 5) is 15.0. The number of sulfonamides is 1. The number of hydrogen-bond acceptors (Lipinski definition) is 4. The average molecular weight is 486 g/mol. The number of benzene rings is 2. The molecular formula is C27H39N3O3S. The van der Waals surface area contributed by atoms with Gasteiger partial charge in [-0.15, -0.1) is 0 Å². The highest BCUT2D eigenvalue weighted by Gasteiger charge is 2.47. The molecule has 1 amide bonds. The molecule has 186 valence electrons. The van der Waals surface area contributed by atoms with Crippen molar-refractivity contribution in [3.8, 4) is 0 Å². The lowest BCUT2D eigenvalue weighted by molar-refractivity contribution is -0.118. The Morgan fingerprint density at radius 1 is 1.03 bits per heavy atom. The minimum Gasteiger partial charge on any atom is -0.324 e. The van der Waals surface area contributed by atoms with E-state index in [0.29, 0.717) is 19.6 Å². The molecule has 2 aromatic rings. The van der Waals surface area contributed by atoms with Gasteiger partial charge in [0.25, 0.3) is 0 Å². The smallest absolute Gasteiger partial charge is 0.238 e. The number of carbonyl (C=O) groups is 1. The molecule has 0 bridgehead atoms. The van der Waals surface area contributed by atoms with Crippen molar-refractivity contribution in [3.05, 3.63) is 42.5 Å². The van der Waals surface area contributed by atoms with Crippen LogP contribution in [-0.4, -0.2) is 62.0 Å². The second-order valence-corrected chi connectivity index (χ2v) is 13.6. The third kappa shape index (κ3) is 5.81. The van der Waals surface area contributed by atoms with E-state index in [4.69, 9.17) is 0 Å². The number of nitrogens with zero attached hydrogens (tertiary/aromatic N) is 2. The zero-order chi connectivity index (χ0) is 24.6. The van der Waals surface area contributed by atoms with E-state index in [1.165, 1.54) is 0 Å². The average Bonchev–Trinajstić information content (AvgIpc) is 2.74. The van der Waals surface area contributed by atoms with Gasteiger partial charge in [-0.05, 0) is 60.6 Å². The first kappa shape index (κ1) is 25.1. The Bertz CT molecular complexity index is 1130. The Morgan fingerprint density at radius 2 is 1.71 bits per heavy atom. The molecule has 1 N–H and O–H groups in total. The summed E-state index contributed by atoms with van der Waals surface area (Å²) >= 11 is 0. The first-order valence-corrected chi connectivity index (χ1v) is 14.1. The van der Waals surface area contributed by atoms with Crippen molar-refractivity contribution in [2.45, 2.75) is 47.0 Å². The number of piperidine rings is 2. The lowest BCUT2D eigenvalue weighted by atomic mass is 9.65. The molecule has 2 saturated heterocycles. The molecule has 7 heteroatoms. The minimum atomic E-state index is -3.26. The van der Waals surface area contributed by atoms with Gasteiger partial charge in [-0.2, -0.15) is 0 Å². The molecule has 2 aliphatic rings. The van der Waals surface area contributed by atoms with E-state index in [0.717, 1.165) is 48.8 Å². The van der Waals surface area contributed by atoms with Gasteiger partial charge in [0.1, 0.15) is 0 Å². The van der Waals surface area contributed by atoms with Crippen molar-refractivity contribution in [2.24, 2.45) is 16.7 Å². The Kier molecular flexibility index (Phi) is 7.09. The molecule has 4 rings (SSSR count). The van der Waals surface area contributed by atoms with E-state index in [1.807, 2.05) is 56.3 Å². The molecule has 2 aromatic carbocycles. The molecule has 2 aliphatic heterocycles. The van der Waals surface area contributed by atoms with Crippen LogP contribution in [-0.2, 0) is 14.8 Å². The highest BCUT2D eigenvalue weighted by molar-refractivity contribution is 7.89. The maximum Gasteiger partial charge on any atom is 0.238 e. The Morgan fingerprint density at radius 3 is 2.41 bits per heavy atom. The van der Waals surface area contributed by atoms with Crippen LogP contribution in [0.25, 0.3) is 10.8 Å². The summed E-state index contributed by atoms with van der Waals surface area (Å²) in [5.74, 6) is 0.324. The van der Waals surface area contributed by atoms with Crippen LogP contribution < -0.4 is 5.32 Å². The third-order valence-corrected chi connectivity index (χ3v) is 9.39. The molecule has 34 heavy (non-hydrogen) atoms. The number of hydrogen-bond donors (Lipinski definition) is 1. The molecular weight excluding hydrogens is 446 g/mol. The zero-order valence-electron chi connectivity index (χ0n) is 21.0. The number of rotatable bonds is 6. The normalized spacial score (nSPS) is 21.2. The Balaban J connectivity index is 1.38. The maximum absolute atomic E-state index is 13.0. The summed E-state index contributed by atoms with van der Waals surface area (Å²) in [6, 6.07) is 14.0. The van der Waals surface area contributed by atoms with E-state index in [-0.39, 0.29) is 28.4 Å². The fraction of sp³-hybridized carbons (Fsp3) is 0.593. The van der Waals surface area contributed by atoms with Crippen molar-refractivity contribution in [2.75, 3.05) is 43.8 Å². The molecule has 0 aromatic heterocycles. The summed E-state index contributed by atoms with van der Waals surface area (Å²) in [6.45, 7) is 11.5. The van der Waals surface area contributed by atoms with E-state index in [1.54, 1.807) is 4.31 Å². The Hall–Kier alpha value is -1.96. The standard InChI is InChI=1S/C27H39N3O3S/c1-21(2)17-34(32,33)30-19-26(3,4)18-27(20-30)12-14-29(15-13-27)16-25(31)28-24-11-7-9-22-8-5-6-10-23(22)24/h5-11,21H,12-20H2,1-4H3,(H,28,31). The molecule has 2 heterocycles. The van der Waals surface area contributed by atoms with Crippen LogP contribution in [0, 0.1) is 16.7 Å². The van der Waals surface area contributed by atoms with Gasteiger partial charge in [-0.25, -0.2) is 12.7 Å². The quantitative estimate of drug-likeness (QED) is 0.650. The first-order valence-electron chi connectivity index (χ1n) is 12.4.